The van der Waals surface area contributed by atoms with Crippen LogP contribution >= 0.6 is 0 Å². The number of ketones is 1. The van der Waals surface area contributed by atoms with E-state index in [1.807, 2.05) is 0 Å². The number of carbonyl (C=O) groups excluding carboxylic acids is 2. The lowest BCUT2D eigenvalue weighted by molar-refractivity contribution is -0.192. The molecular formula is C6H8O7. The molecule has 0 bridgehead atoms. The van der Waals surface area contributed by atoms with Crippen LogP contribution in [0.5, 0.6) is 0 Å². The summed E-state index contributed by atoms with van der Waals surface area (Å²) in [6.07, 6.45) is -7.91. The Morgan fingerprint density at radius 1 is 1.00 bits per heavy atom. The summed E-state index contributed by atoms with van der Waals surface area (Å²) in [4.78, 5) is 21.4. The van der Waals surface area contributed by atoms with Gasteiger partial charge in [-0.25, -0.2) is 4.79 Å². The highest BCUT2D eigenvalue weighted by Crippen LogP contribution is 2.12. The smallest absolute Gasteiger partial charge is 0.379 e. The van der Waals surface area contributed by atoms with Crippen LogP contribution in [0.4, 0.5) is 0 Å². The number of hydrogen-bond donors (Lipinski definition) is 4. The van der Waals surface area contributed by atoms with Crippen LogP contribution in [-0.2, 0) is 14.3 Å². The molecule has 1 aliphatic heterocycles. The molecule has 4 atom stereocenters. The fourth-order valence-corrected chi connectivity index (χ4v) is 0.869. The molecule has 0 aromatic rings. The normalized spacial score (nSPS) is 41.2. The van der Waals surface area contributed by atoms with E-state index in [9.17, 15) is 9.59 Å². The van der Waals surface area contributed by atoms with Gasteiger partial charge in [0.1, 0.15) is 12.2 Å². The molecule has 1 aliphatic rings. The lowest BCUT2D eigenvalue weighted by atomic mass is 10.1. The number of aliphatic hydroxyl groups is 4. The highest BCUT2D eigenvalue weighted by molar-refractivity contribution is 6.35. The molecule has 1 unspecified atom stereocenters. The summed E-state index contributed by atoms with van der Waals surface area (Å²) in [6, 6.07) is 0. The Morgan fingerprint density at radius 2 is 1.54 bits per heavy atom. The average molecular weight is 192 g/mol. The Labute approximate surface area is 72.2 Å². The minimum atomic E-state index is -2.07. The molecule has 7 nitrogen and oxygen atoms in total. The van der Waals surface area contributed by atoms with Crippen LogP contribution in [0.25, 0.3) is 0 Å². The van der Waals surface area contributed by atoms with E-state index in [0.717, 1.165) is 0 Å². The lowest BCUT2D eigenvalue weighted by Gasteiger charge is -2.19. The topological polar surface area (TPSA) is 124 Å². The van der Waals surface area contributed by atoms with Gasteiger partial charge in [0, 0.05) is 0 Å². The lowest BCUT2D eigenvalue weighted by Crippen LogP contribution is -2.44. The molecule has 4 N–H and O–H groups in total. The van der Waals surface area contributed by atoms with Gasteiger partial charge >= 0.3 is 5.97 Å². The van der Waals surface area contributed by atoms with Crippen molar-refractivity contribution in [3.05, 3.63) is 0 Å². The molecular weight excluding hydrogens is 184 g/mol. The van der Waals surface area contributed by atoms with E-state index in [4.69, 9.17) is 20.4 Å². The Morgan fingerprint density at radius 3 is 2.08 bits per heavy atom. The fraction of sp³-hybridized carbons (Fsp3) is 0.667. The first-order chi connectivity index (χ1) is 5.95. The summed E-state index contributed by atoms with van der Waals surface area (Å²) < 4.78 is 3.97. The zero-order valence-electron chi connectivity index (χ0n) is 6.32. The molecule has 1 saturated heterocycles. The molecule has 1 fully saturated rings. The van der Waals surface area contributed by atoms with Crippen molar-refractivity contribution in [2.75, 3.05) is 0 Å². The summed E-state index contributed by atoms with van der Waals surface area (Å²) >= 11 is 0. The van der Waals surface area contributed by atoms with Crippen LogP contribution in [0.2, 0.25) is 0 Å². The first kappa shape index (κ1) is 10.1. The Hall–Kier alpha value is -1.02. The number of Topliss-reactive ketones (excluding diaryl/α,β-unsaturated/α-hetero) is 1. The Balaban J connectivity index is 2.92. The molecule has 1 rings (SSSR count). The van der Waals surface area contributed by atoms with Crippen LogP contribution in [0.1, 0.15) is 0 Å². The summed E-state index contributed by atoms with van der Waals surface area (Å²) in [6.45, 7) is 0. The zero-order chi connectivity index (χ0) is 10.2. The number of hydrogen-bond acceptors (Lipinski definition) is 7. The predicted octanol–water partition coefficient (Wildman–Crippen LogP) is -3.49. The number of cyclic esters (lactones) is 1. The maximum absolute atomic E-state index is 10.7. The van der Waals surface area contributed by atoms with Gasteiger partial charge in [0.2, 0.25) is 6.29 Å². The monoisotopic (exact) mass is 192 g/mol. The number of aliphatic hydroxyl groups excluding tert-OH is 4. The third-order valence-corrected chi connectivity index (χ3v) is 1.66. The zero-order valence-corrected chi connectivity index (χ0v) is 6.32. The molecule has 0 spiro atoms. The van der Waals surface area contributed by atoms with E-state index in [1.54, 1.807) is 0 Å². The maximum atomic E-state index is 10.7. The molecule has 0 aromatic carbocycles. The number of rotatable bonds is 0. The van der Waals surface area contributed by atoms with Gasteiger partial charge in [-0.3, -0.25) is 4.79 Å². The minimum Gasteiger partial charge on any atom is -0.427 e. The quantitative estimate of drug-likeness (QED) is 0.232. The van der Waals surface area contributed by atoms with Crippen molar-refractivity contribution in [1.29, 1.82) is 0 Å². The van der Waals surface area contributed by atoms with Gasteiger partial charge in [0.15, 0.2) is 6.10 Å². The molecule has 1 heterocycles. The maximum Gasteiger partial charge on any atom is 0.379 e. The van der Waals surface area contributed by atoms with Crippen molar-refractivity contribution in [2.45, 2.75) is 24.6 Å². The van der Waals surface area contributed by atoms with Crippen LogP contribution in [0, 0.1) is 0 Å². The van der Waals surface area contributed by atoms with E-state index in [2.05, 4.69) is 4.74 Å². The SMILES string of the molecule is O=C1OC(O)[C@H](O)[C@@H](O)[C@H](O)C1=O. The van der Waals surface area contributed by atoms with Gasteiger partial charge in [-0.1, -0.05) is 0 Å². The molecule has 0 aliphatic carbocycles. The van der Waals surface area contributed by atoms with E-state index in [-0.39, 0.29) is 0 Å². The Kier molecular flexibility index (Phi) is 2.62. The van der Waals surface area contributed by atoms with Gasteiger partial charge in [0.05, 0.1) is 0 Å². The summed E-state index contributed by atoms with van der Waals surface area (Å²) in [5.74, 6) is -2.89. The molecule has 0 amide bonds. The van der Waals surface area contributed by atoms with Gasteiger partial charge in [-0.05, 0) is 0 Å². The van der Waals surface area contributed by atoms with E-state index in [1.165, 1.54) is 0 Å². The Bertz CT molecular complexity index is 237. The van der Waals surface area contributed by atoms with Gasteiger partial charge < -0.3 is 25.2 Å². The molecule has 74 valence electrons. The number of esters is 1. The van der Waals surface area contributed by atoms with Crippen molar-refractivity contribution < 1.29 is 34.8 Å². The number of ether oxygens (including phenoxy) is 1. The first-order valence-corrected chi connectivity index (χ1v) is 3.42. The standard InChI is InChI=1S/C6H8O7/c7-1-2(8)4(10)6(12)13-5(11)3(1)9/h1-3,5,7-9,11H/t1-,2-,3+,5?/m0/s1. The van der Waals surface area contributed by atoms with E-state index >= 15 is 0 Å². The summed E-state index contributed by atoms with van der Waals surface area (Å²) in [7, 11) is 0. The van der Waals surface area contributed by atoms with Gasteiger partial charge in [-0.15, -0.1) is 0 Å². The highest BCUT2D eigenvalue weighted by Gasteiger charge is 2.43. The van der Waals surface area contributed by atoms with Crippen LogP contribution < -0.4 is 0 Å². The van der Waals surface area contributed by atoms with Gasteiger partial charge in [-0.2, -0.15) is 0 Å². The van der Waals surface area contributed by atoms with Crippen LogP contribution in [-0.4, -0.2) is 56.8 Å². The van der Waals surface area contributed by atoms with Crippen molar-refractivity contribution in [1.82, 2.24) is 0 Å². The van der Waals surface area contributed by atoms with Crippen LogP contribution in [0.3, 0.4) is 0 Å². The average Bonchev–Trinajstić information content (AvgIpc) is 2.15. The second-order valence-electron chi connectivity index (χ2n) is 2.59. The largest absolute Gasteiger partial charge is 0.427 e. The third-order valence-electron chi connectivity index (χ3n) is 1.66. The number of carbonyl (C=O) groups is 2. The highest BCUT2D eigenvalue weighted by atomic mass is 16.7. The molecule has 7 heteroatoms. The van der Waals surface area contributed by atoms with E-state index in [0.29, 0.717) is 0 Å². The molecule has 0 aromatic heterocycles. The second-order valence-corrected chi connectivity index (χ2v) is 2.59. The second kappa shape index (κ2) is 3.38. The third kappa shape index (κ3) is 1.68. The molecule has 13 heavy (non-hydrogen) atoms. The predicted molar refractivity (Wildman–Crippen MR) is 35.1 cm³/mol. The summed E-state index contributed by atoms with van der Waals surface area (Å²) in [5, 5.41) is 35.6. The van der Waals surface area contributed by atoms with Crippen molar-refractivity contribution >= 4 is 11.8 Å². The summed E-state index contributed by atoms with van der Waals surface area (Å²) in [5.41, 5.74) is 0. The van der Waals surface area contributed by atoms with Crippen molar-refractivity contribution in [2.24, 2.45) is 0 Å². The molecule has 0 saturated carbocycles. The van der Waals surface area contributed by atoms with Crippen LogP contribution in [0.15, 0.2) is 0 Å². The van der Waals surface area contributed by atoms with Crippen molar-refractivity contribution in [3.63, 3.8) is 0 Å². The van der Waals surface area contributed by atoms with Crippen molar-refractivity contribution in [3.8, 4) is 0 Å². The first-order valence-electron chi connectivity index (χ1n) is 3.42. The fourth-order valence-electron chi connectivity index (χ4n) is 0.869. The minimum absolute atomic E-state index is 1.40. The van der Waals surface area contributed by atoms with E-state index < -0.39 is 36.4 Å². The van der Waals surface area contributed by atoms with Gasteiger partial charge in [0.25, 0.3) is 5.78 Å². The molecule has 0 radical (unpaired) electrons.